The minimum atomic E-state index is -0.269. The normalized spacial score (nSPS) is 26.1. The van der Waals surface area contributed by atoms with Gasteiger partial charge in [-0.2, -0.15) is 0 Å². The Morgan fingerprint density at radius 2 is 1.81 bits per heavy atom. The van der Waals surface area contributed by atoms with Crippen molar-refractivity contribution in [2.24, 2.45) is 11.3 Å². The van der Waals surface area contributed by atoms with Gasteiger partial charge in [0, 0.05) is 6.54 Å². The van der Waals surface area contributed by atoms with E-state index >= 15 is 0 Å². The van der Waals surface area contributed by atoms with Gasteiger partial charge >= 0.3 is 6.09 Å². The van der Waals surface area contributed by atoms with Crippen LogP contribution in [0.25, 0.3) is 11.1 Å². The van der Waals surface area contributed by atoms with Gasteiger partial charge in [-0.1, -0.05) is 49.7 Å². The largest absolute Gasteiger partial charge is 0.489 e. The number of nitrogens with zero attached hydrogens (tertiary/aromatic N) is 1. The molecule has 0 radical (unpaired) electrons. The highest BCUT2D eigenvalue weighted by molar-refractivity contribution is 6.32. The lowest BCUT2D eigenvalue weighted by atomic mass is 9.76. The number of amides is 1. The number of ether oxygens (including phenoxy) is 2. The summed E-state index contributed by atoms with van der Waals surface area (Å²) >= 11 is 6.53. The van der Waals surface area contributed by atoms with Gasteiger partial charge in [0.25, 0.3) is 0 Å². The number of carbonyl (C=O) groups is 1. The Morgan fingerprint density at radius 1 is 1.11 bits per heavy atom. The molecule has 3 fully saturated rings. The summed E-state index contributed by atoms with van der Waals surface area (Å²) in [5.74, 6) is 1.21. The molecule has 0 aromatic heterocycles. The number of rotatable bonds is 7. The molecule has 2 atom stereocenters. The molecule has 2 bridgehead atoms. The third-order valence-corrected chi connectivity index (χ3v) is 9.06. The van der Waals surface area contributed by atoms with E-state index in [1.54, 1.807) is 0 Å². The van der Waals surface area contributed by atoms with Crippen molar-refractivity contribution in [3.05, 3.63) is 52.5 Å². The predicted molar refractivity (Wildman–Crippen MR) is 145 cm³/mol. The van der Waals surface area contributed by atoms with Crippen molar-refractivity contribution in [3.63, 3.8) is 0 Å². The van der Waals surface area contributed by atoms with Crippen LogP contribution in [-0.4, -0.2) is 42.8 Å². The smallest absolute Gasteiger partial charge is 0.407 e. The van der Waals surface area contributed by atoms with Crippen LogP contribution in [0, 0.1) is 11.3 Å². The number of alkyl carbamates (subject to hydrolysis) is 1. The van der Waals surface area contributed by atoms with E-state index in [2.05, 4.69) is 48.3 Å². The zero-order chi connectivity index (χ0) is 25.4. The summed E-state index contributed by atoms with van der Waals surface area (Å²) in [7, 11) is 0. The first-order chi connectivity index (χ1) is 17.3. The summed E-state index contributed by atoms with van der Waals surface area (Å²) in [6.45, 7) is 11.6. The molecule has 5 nitrogen and oxygen atoms in total. The number of carbonyl (C=O) groups excluding carboxylic acids is 1. The number of hydrogen-bond donors (Lipinski definition) is 1. The molecule has 6 heteroatoms. The average Bonchev–Trinajstić information content (AvgIpc) is 3.18. The molecule has 4 aliphatic rings. The summed E-state index contributed by atoms with van der Waals surface area (Å²) in [4.78, 5) is 15.5. The molecule has 6 rings (SSSR count). The fraction of sp³-hybridized carbons (Fsp3) is 0.567. The number of nitrogens with one attached hydrogen (secondary N) is 1. The minimum Gasteiger partial charge on any atom is -0.489 e. The SMILES string of the molecule is CCC1(CC)Cc2cc(-c3ccc(OC(C)C)c(Cl)c3)ccc2C1NC(=O)O[C@@H]1CN2CCC1CC2. The first kappa shape index (κ1) is 25.4. The van der Waals surface area contributed by atoms with Crippen LogP contribution < -0.4 is 10.1 Å². The summed E-state index contributed by atoms with van der Waals surface area (Å²) in [5, 5.41) is 3.93. The lowest BCUT2D eigenvalue weighted by molar-refractivity contribution is -0.0353. The Kier molecular flexibility index (Phi) is 7.24. The lowest BCUT2D eigenvalue weighted by Crippen LogP contribution is -2.53. The summed E-state index contributed by atoms with van der Waals surface area (Å²) in [6.07, 6.45) is 5.01. The third-order valence-electron chi connectivity index (χ3n) is 8.76. The quantitative estimate of drug-likeness (QED) is 0.435. The van der Waals surface area contributed by atoms with E-state index in [1.807, 2.05) is 26.0 Å². The molecule has 3 heterocycles. The lowest BCUT2D eigenvalue weighted by Gasteiger charge is -2.44. The number of hydrogen-bond acceptors (Lipinski definition) is 4. The highest BCUT2D eigenvalue weighted by atomic mass is 35.5. The number of fused-ring (bicyclic) bond motifs is 4. The van der Waals surface area contributed by atoms with Crippen molar-refractivity contribution in [2.45, 2.75) is 78.0 Å². The van der Waals surface area contributed by atoms with Crippen LogP contribution in [0.2, 0.25) is 5.02 Å². The molecule has 1 amide bonds. The molecule has 2 aromatic rings. The van der Waals surface area contributed by atoms with Gasteiger partial charge in [0.15, 0.2) is 0 Å². The molecule has 194 valence electrons. The molecular formula is C30H39ClN2O3. The summed E-state index contributed by atoms with van der Waals surface area (Å²) in [5.41, 5.74) is 4.68. The van der Waals surface area contributed by atoms with Gasteiger partial charge in [-0.15, -0.1) is 0 Å². The van der Waals surface area contributed by atoms with Crippen LogP contribution in [0.5, 0.6) is 5.75 Å². The van der Waals surface area contributed by atoms with E-state index in [4.69, 9.17) is 21.1 Å². The second kappa shape index (κ2) is 10.3. The second-order valence-electron chi connectivity index (χ2n) is 11.1. The zero-order valence-electron chi connectivity index (χ0n) is 22.0. The van der Waals surface area contributed by atoms with Crippen LogP contribution >= 0.6 is 11.6 Å². The van der Waals surface area contributed by atoms with Crippen molar-refractivity contribution in [1.29, 1.82) is 0 Å². The van der Waals surface area contributed by atoms with Crippen molar-refractivity contribution < 1.29 is 14.3 Å². The molecule has 1 aliphatic carbocycles. The van der Waals surface area contributed by atoms with Gasteiger partial charge in [0.1, 0.15) is 11.9 Å². The average molecular weight is 511 g/mol. The topological polar surface area (TPSA) is 50.8 Å². The Balaban J connectivity index is 1.36. The van der Waals surface area contributed by atoms with Crippen LogP contribution in [-0.2, 0) is 11.2 Å². The Labute approximate surface area is 220 Å². The second-order valence-corrected chi connectivity index (χ2v) is 11.5. The van der Waals surface area contributed by atoms with E-state index in [9.17, 15) is 4.79 Å². The van der Waals surface area contributed by atoms with Gasteiger partial charge in [0.05, 0.1) is 17.2 Å². The van der Waals surface area contributed by atoms with Gasteiger partial charge in [0.2, 0.25) is 0 Å². The van der Waals surface area contributed by atoms with Crippen LogP contribution in [0.3, 0.4) is 0 Å². The van der Waals surface area contributed by atoms with Crippen molar-refractivity contribution in [2.75, 3.05) is 19.6 Å². The maximum atomic E-state index is 13.1. The monoisotopic (exact) mass is 510 g/mol. The van der Waals surface area contributed by atoms with E-state index < -0.39 is 0 Å². The maximum Gasteiger partial charge on any atom is 0.407 e. The molecule has 2 aromatic carbocycles. The van der Waals surface area contributed by atoms with Gasteiger partial charge in [-0.25, -0.2) is 4.79 Å². The third kappa shape index (κ3) is 4.84. The molecule has 0 saturated carbocycles. The highest BCUT2D eigenvalue weighted by Crippen LogP contribution is 2.51. The molecule has 1 N–H and O–H groups in total. The number of benzene rings is 2. The first-order valence-electron chi connectivity index (χ1n) is 13.6. The maximum absolute atomic E-state index is 13.1. The Morgan fingerprint density at radius 3 is 2.42 bits per heavy atom. The van der Waals surface area contributed by atoms with Gasteiger partial charge in [-0.05, 0) is 105 Å². The van der Waals surface area contributed by atoms with Crippen molar-refractivity contribution in [3.8, 4) is 16.9 Å². The summed E-state index contributed by atoms with van der Waals surface area (Å²) in [6, 6.07) is 12.5. The highest BCUT2D eigenvalue weighted by Gasteiger charge is 2.45. The van der Waals surface area contributed by atoms with Gasteiger partial charge in [-0.3, -0.25) is 4.90 Å². The molecular weight excluding hydrogens is 472 g/mol. The van der Waals surface area contributed by atoms with E-state index in [-0.39, 0.29) is 29.8 Å². The number of piperidine rings is 3. The Hall–Kier alpha value is -2.24. The molecule has 3 saturated heterocycles. The van der Waals surface area contributed by atoms with Gasteiger partial charge < -0.3 is 14.8 Å². The standard InChI is InChI=1S/C30H39ClN2O3/c1-5-30(6-2)17-23-15-21(22-8-10-26(25(31)16-22)35-19(3)4)7-9-24(23)28(30)32-29(34)36-27-18-33-13-11-20(27)12-14-33/h7-10,15-16,19-20,27-28H,5-6,11-14,17-18H2,1-4H3,(H,32,34)/t27-,28?/m1/s1. The Bertz CT molecular complexity index is 1110. The zero-order valence-corrected chi connectivity index (χ0v) is 22.7. The summed E-state index contributed by atoms with van der Waals surface area (Å²) < 4.78 is 11.8. The van der Waals surface area contributed by atoms with E-state index in [1.165, 1.54) is 11.1 Å². The van der Waals surface area contributed by atoms with Crippen molar-refractivity contribution >= 4 is 17.7 Å². The van der Waals surface area contributed by atoms with E-state index in [0.717, 1.165) is 62.9 Å². The molecule has 36 heavy (non-hydrogen) atoms. The fourth-order valence-electron chi connectivity index (χ4n) is 6.53. The van der Waals surface area contributed by atoms with Crippen LogP contribution in [0.15, 0.2) is 36.4 Å². The van der Waals surface area contributed by atoms with Crippen LogP contribution in [0.1, 0.15) is 70.5 Å². The minimum absolute atomic E-state index is 0.0122. The number of halogens is 1. The molecule has 1 unspecified atom stereocenters. The van der Waals surface area contributed by atoms with E-state index in [0.29, 0.717) is 16.7 Å². The predicted octanol–water partition coefficient (Wildman–Crippen LogP) is 7.02. The fourth-order valence-corrected chi connectivity index (χ4v) is 6.76. The first-order valence-corrected chi connectivity index (χ1v) is 14.0. The molecule has 3 aliphatic heterocycles. The van der Waals surface area contributed by atoms with Crippen molar-refractivity contribution in [1.82, 2.24) is 10.2 Å². The molecule has 0 spiro atoms. The van der Waals surface area contributed by atoms with Crippen LogP contribution in [0.4, 0.5) is 4.79 Å².